The molecule has 2 rings (SSSR count). The number of anilines is 1. The molecule has 1 saturated heterocycles. The monoisotopic (exact) mass is 190 g/mol. The SMILES string of the molecule is Cc1cccc(N2CC(C)C(=O)N2)c1. The van der Waals surface area contributed by atoms with Crippen LogP contribution in [0.4, 0.5) is 5.69 Å². The van der Waals surface area contributed by atoms with Crippen LogP contribution in [0.3, 0.4) is 0 Å². The maximum absolute atomic E-state index is 11.3. The van der Waals surface area contributed by atoms with Gasteiger partial charge in [0, 0.05) is 0 Å². The summed E-state index contributed by atoms with van der Waals surface area (Å²) in [5.41, 5.74) is 5.10. The number of amides is 1. The van der Waals surface area contributed by atoms with Crippen molar-refractivity contribution in [2.24, 2.45) is 5.92 Å². The average molecular weight is 190 g/mol. The lowest BCUT2D eigenvalue weighted by atomic mass is 10.2. The smallest absolute Gasteiger partial charge is 0.243 e. The van der Waals surface area contributed by atoms with Crippen LogP contribution in [0, 0.1) is 12.8 Å². The fourth-order valence-electron chi connectivity index (χ4n) is 1.61. The Morgan fingerprint density at radius 2 is 2.29 bits per heavy atom. The van der Waals surface area contributed by atoms with E-state index in [1.54, 1.807) is 0 Å². The van der Waals surface area contributed by atoms with Gasteiger partial charge in [0.15, 0.2) is 0 Å². The standard InChI is InChI=1S/C11H14N2O/c1-8-4-3-5-10(6-8)13-7-9(2)11(14)12-13/h3-6,9H,7H2,1-2H3,(H,12,14). The molecule has 14 heavy (non-hydrogen) atoms. The van der Waals surface area contributed by atoms with E-state index >= 15 is 0 Å². The van der Waals surface area contributed by atoms with Crippen LogP contribution in [0.15, 0.2) is 24.3 Å². The zero-order chi connectivity index (χ0) is 10.1. The van der Waals surface area contributed by atoms with Crippen molar-refractivity contribution in [2.45, 2.75) is 13.8 Å². The molecule has 1 aromatic carbocycles. The van der Waals surface area contributed by atoms with Gasteiger partial charge in [-0.3, -0.25) is 15.2 Å². The molecule has 0 aromatic heterocycles. The quantitative estimate of drug-likeness (QED) is 0.727. The van der Waals surface area contributed by atoms with Gasteiger partial charge in [-0.15, -0.1) is 0 Å². The molecule has 1 aliphatic heterocycles. The highest BCUT2D eigenvalue weighted by molar-refractivity contribution is 5.83. The Kier molecular flexibility index (Phi) is 2.15. The van der Waals surface area contributed by atoms with Crippen molar-refractivity contribution in [2.75, 3.05) is 11.6 Å². The molecule has 1 heterocycles. The summed E-state index contributed by atoms with van der Waals surface area (Å²) in [6, 6.07) is 8.12. The second kappa shape index (κ2) is 3.33. The predicted molar refractivity (Wildman–Crippen MR) is 55.8 cm³/mol. The van der Waals surface area contributed by atoms with Crippen LogP contribution in [0.2, 0.25) is 0 Å². The van der Waals surface area contributed by atoms with Gasteiger partial charge in [0.25, 0.3) is 0 Å². The van der Waals surface area contributed by atoms with Crippen molar-refractivity contribution < 1.29 is 4.79 Å². The Hall–Kier alpha value is -1.51. The summed E-state index contributed by atoms with van der Waals surface area (Å²) in [6.45, 7) is 4.73. The van der Waals surface area contributed by atoms with E-state index in [2.05, 4.69) is 11.5 Å². The Morgan fingerprint density at radius 3 is 2.86 bits per heavy atom. The number of hydrogen-bond acceptors (Lipinski definition) is 2. The molecule has 1 N–H and O–H groups in total. The second-order valence-corrected chi connectivity index (χ2v) is 3.83. The maximum atomic E-state index is 11.3. The fraction of sp³-hybridized carbons (Fsp3) is 0.364. The van der Waals surface area contributed by atoms with Gasteiger partial charge in [0.2, 0.25) is 5.91 Å². The average Bonchev–Trinajstić information content (AvgIpc) is 2.47. The molecular formula is C11H14N2O. The Balaban J connectivity index is 2.21. The molecule has 74 valence electrons. The van der Waals surface area contributed by atoms with E-state index in [0.717, 1.165) is 12.2 Å². The minimum absolute atomic E-state index is 0.0792. The van der Waals surface area contributed by atoms with Crippen LogP contribution in [0.1, 0.15) is 12.5 Å². The fourth-order valence-corrected chi connectivity index (χ4v) is 1.61. The molecule has 1 atom stereocenters. The molecule has 1 amide bonds. The van der Waals surface area contributed by atoms with Crippen LogP contribution in [-0.4, -0.2) is 12.5 Å². The highest BCUT2D eigenvalue weighted by Gasteiger charge is 2.26. The molecule has 0 saturated carbocycles. The predicted octanol–water partition coefficient (Wildman–Crippen LogP) is 1.48. The van der Waals surface area contributed by atoms with Crippen LogP contribution < -0.4 is 10.4 Å². The summed E-state index contributed by atoms with van der Waals surface area (Å²) in [5.74, 6) is 0.182. The van der Waals surface area contributed by atoms with Crippen LogP contribution in [0.5, 0.6) is 0 Å². The van der Waals surface area contributed by atoms with Crippen molar-refractivity contribution in [3.05, 3.63) is 29.8 Å². The lowest BCUT2D eigenvalue weighted by Gasteiger charge is -2.17. The van der Waals surface area contributed by atoms with Crippen molar-refractivity contribution in [1.82, 2.24) is 5.43 Å². The Morgan fingerprint density at radius 1 is 1.50 bits per heavy atom. The summed E-state index contributed by atoms with van der Waals surface area (Å²) in [7, 11) is 0. The van der Waals surface area contributed by atoms with Gasteiger partial charge in [0.1, 0.15) is 0 Å². The number of hydrazine groups is 1. The van der Waals surface area contributed by atoms with Gasteiger partial charge in [-0.25, -0.2) is 0 Å². The van der Waals surface area contributed by atoms with E-state index in [1.807, 2.05) is 37.1 Å². The molecule has 0 spiro atoms. The van der Waals surface area contributed by atoms with E-state index in [1.165, 1.54) is 5.56 Å². The largest absolute Gasteiger partial charge is 0.285 e. The topological polar surface area (TPSA) is 32.3 Å². The lowest BCUT2D eigenvalue weighted by Crippen LogP contribution is -2.32. The molecule has 1 fully saturated rings. The molecule has 1 unspecified atom stereocenters. The van der Waals surface area contributed by atoms with E-state index in [-0.39, 0.29) is 11.8 Å². The van der Waals surface area contributed by atoms with Gasteiger partial charge in [-0.2, -0.15) is 0 Å². The van der Waals surface area contributed by atoms with Gasteiger partial charge < -0.3 is 0 Å². The van der Waals surface area contributed by atoms with E-state index in [9.17, 15) is 4.79 Å². The number of carbonyl (C=O) groups excluding carboxylic acids is 1. The molecule has 0 bridgehead atoms. The number of nitrogens with zero attached hydrogens (tertiary/aromatic N) is 1. The lowest BCUT2D eigenvalue weighted by molar-refractivity contribution is -0.121. The first-order valence-electron chi connectivity index (χ1n) is 4.81. The Bertz CT molecular complexity index is 362. The minimum Gasteiger partial charge on any atom is -0.285 e. The maximum Gasteiger partial charge on any atom is 0.243 e. The molecule has 3 nitrogen and oxygen atoms in total. The van der Waals surface area contributed by atoms with Crippen molar-refractivity contribution >= 4 is 11.6 Å². The summed E-state index contributed by atoms with van der Waals surface area (Å²) in [5, 5.41) is 1.90. The Labute approximate surface area is 83.7 Å². The van der Waals surface area contributed by atoms with E-state index in [4.69, 9.17) is 0 Å². The minimum atomic E-state index is 0.0792. The van der Waals surface area contributed by atoms with E-state index in [0.29, 0.717) is 0 Å². The van der Waals surface area contributed by atoms with Gasteiger partial charge in [0.05, 0.1) is 18.2 Å². The second-order valence-electron chi connectivity index (χ2n) is 3.83. The molecule has 0 radical (unpaired) electrons. The molecule has 0 aliphatic carbocycles. The number of benzene rings is 1. The molecule has 1 aromatic rings. The summed E-state index contributed by atoms with van der Waals surface area (Å²) in [4.78, 5) is 11.3. The zero-order valence-corrected chi connectivity index (χ0v) is 8.45. The number of aryl methyl sites for hydroxylation is 1. The first kappa shape index (κ1) is 9.06. The van der Waals surface area contributed by atoms with Crippen molar-refractivity contribution in [3.8, 4) is 0 Å². The molecular weight excluding hydrogens is 176 g/mol. The summed E-state index contributed by atoms with van der Waals surface area (Å²) < 4.78 is 0. The number of rotatable bonds is 1. The first-order chi connectivity index (χ1) is 6.66. The molecule has 1 aliphatic rings. The van der Waals surface area contributed by atoms with Gasteiger partial charge >= 0.3 is 0 Å². The number of carbonyl (C=O) groups is 1. The van der Waals surface area contributed by atoms with E-state index < -0.39 is 0 Å². The number of nitrogens with one attached hydrogen (secondary N) is 1. The third kappa shape index (κ3) is 1.58. The highest BCUT2D eigenvalue weighted by atomic mass is 16.2. The van der Waals surface area contributed by atoms with Crippen molar-refractivity contribution in [3.63, 3.8) is 0 Å². The first-order valence-corrected chi connectivity index (χ1v) is 4.81. The van der Waals surface area contributed by atoms with Crippen LogP contribution >= 0.6 is 0 Å². The third-order valence-electron chi connectivity index (χ3n) is 2.46. The van der Waals surface area contributed by atoms with Crippen molar-refractivity contribution in [1.29, 1.82) is 0 Å². The molecule has 3 heteroatoms. The summed E-state index contributed by atoms with van der Waals surface area (Å²) >= 11 is 0. The van der Waals surface area contributed by atoms with Crippen LogP contribution in [0.25, 0.3) is 0 Å². The normalized spacial score (nSPS) is 21.1. The number of hydrogen-bond donors (Lipinski definition) is 1. The summed E-state index contributed by atoms with van der Waals surface area (Å²) in [6.07, 6.45) is 0. The third-order valence-corrected chi connectivity index (χ3v) is 2.46. The zero-order valence-electron chi connectivity index (χ0n) is 8.45. The van der Waals surface area contributed by atoms with Gasteiger partial charge in [-0.1, -0.05) is 19.1 Å². The van der Waals surface area contributed by atoms with Gasteiger partial charge in [-0.05, 0) is 24.6 Å². The highest BCUT2D eigenvalue weighted by Crippen LogP contribution is 2.19. The van der Waals surface area contributed by atoms with Crippen LogP contribution in [-0.2, 0) is 4.79 Å².